The molecule has 0 unspecified atom stereocenters. The molecule has 0 aliphatic carbocycles. The van der Waals surface area contributed by atoms with Crippen molar-refractivity contribution in [2.75, 3.05) is 5.75 Å². The summed E-state index contributed by atoms with van der Waals surface area (Å²) in [6.45, 7) is 1.36. The Morgan fingerprint density at radius 1 is 1.32 bits per heavy atom. The molecule has 0 aliphatic heterocycles. The number of hydrogen-bond acceptors (Lipinski definition) is 7. The minimum absolute atomic E-state index is 0.0644. The van der Waals surface area contributed by atoms with Crippen LogP contribution in [0.3, 0.4) is 0 Å². The highest BCUT2D eigenvalue weighted by Crippen LogP contribution is 2.22. The number of aromatic nitrogens is 5. The summed E-state index contributed by atoms with van der Waals surface area (Å²) in [4.78, 5) is 5.43. The van der Waals surface area contributed by atoms with Gasteiger partial charge >= 0.3 is 0 Å². The summed E-state index contributed by atoms with van der Waals surface area (Å²) in [5, 5.41) is 27.4. The van der Waals surface area contributed by atoms with Gasteiger partial charge in [0, 0.05) is 10.0 Å². The van der Waals surface area contributed by atoms with Crippen LogP contribution in [0.2, 0.25) is 0 Å². The van der Waals surface area contributed by atoms with Crippen molar-refractivity contribution < 1.29 is 17.9 Å². The van der Waals surface area contributed by atoms with E-state index in [-0.39, 0.29) is 23.8 Å². The normalized spacial score (nSPS) is 14.0. The predicted octanol–water partition coefficient (Wildman–Crippen LogP) is 1.18. The van der Waals surface area contributed by atoms with Crippen molar-refractivity contribution >= 4 is 26.0 Å². The second-order valence-corrected chi connectivity index (χ2v) is 8.90. The summed E-state index contributed by atoms with van der Waals surface area (Å²) >= 11 is 3.19. The van der Waals surface area contributed by atoms with E-state index in [9.17, 15) is 17.9 Å². The van der Waals surface area contributed by atoms with E-state index >= 15 is 0 Å². The van der Waals surface area contributed by atoms with Crippen molar-refractivity contribution in [2.45, 2.75) is 19.1 Å². The molecular weight excluding hydrogens is 455 g/mol. The highest BCUT2D eigenvalue weighted by Gasteiger charge is 2.30. The molecule has 1 aromatic carbocycles. The molecule has 28 heavy (non-hydrogen) atoms. The lowest BCUT2D eigenvalue weighted by molar-refractivity contribution is 0.0773. The number of halogens is 2. The van der Waals surface area contributed by atoms with Crippen molar-refractivity contribution in [3.05, 3.63) is 57.9 Å². The number of rotatable bonds is 6. The van der Waals surface area contributed by atoms with Crippen LogP contribution in [0.4, 0.5) is 4.39 Å². The number of tetrazole rings is 1. The van der Waals surface area contributed by atoms with Crippen LogP contribution in [0.5, 0.6) is 0 Å². The molecule has 0 radical (unpaired) electrons. The molecule has 3 N–H and O–H groups in total. The third-order valence-corrected chi connectivity index (χ3v) is 5.25. The van der Waals surface area contributed by atoms with E-state index in [1.54, 1.807) is 24.3 Å². The molecule has 3 rings (SSSR count). The topological polar surface area (TPSA) is 137 Å². The summed E-state index contributed by atoms with van der Waals surface area (Å²) in [5.74, 6) is -0.961. The van der Waals surface area contributed by atoms with Crippen molar-refractivity contribution in [3.63, 3.8) is 0 Å². The molecular formula is C16H16BrFN6O3S. The summed E-state index contributed by atoms with van der Waals surface area (Å²) in [6, 6.07) is 9.27. The van der Waals surface area contributed by atoms with Gasteiger partial charge in [0.1, 0.15) is 17.1 Å². The number of aliphatic hydroxyl groups is 1. The summed E-state index contributed by atoms with van der Waals surface area (Å²) < 4.78 is 37.2. The molecule has 3 aromatic rings. The first-order chi connectivity index (χ1) is 13.0. The van der Waals surface area contributed by atoms with Crippen LogP contribution in [0.25, 0.3) is 11.5 Å². The molecule has 2 heterocycles. The number of benzene rings is 1. The standard InChI is InChI=1S/C16H16BrFN6O3S/c1-16(25,9-28(19,26)27)14-4-2-3-13(20-14)15-21-23-24(22-15)8-10-5-6-11(17)7-12(10)18/h2-7,25H,8-9H2,1H3,(H2,19,26,27)/t16-/m0/s1. The Hall–Kier alpha value is -2.28. The molecule has 0 fully saturated rings. The quantitative estimate of drug-likeness (QED) is 0.551. The Morgan fingerprint density at radius 3 is 2.75 bits per heavy atom. The zero-order valence-electron chi connectivity index (χ0n) is 14.6. The van der Waals surface area contributed by atoms with Gasteiger partial charge in [-0.3, -0.25) is 0 Å². The van der Waals surface area contributed by atoms with Crippen molar-refractivity contribution in [1.82, 2.24) is 25.2 Å². The average molecular weight is 471 g/mol. The molecule has 0 bridgehead atoms. The number of primary sulfonamides is 1. The molecule has 0 spiro atoms. The Kier molecular flexibility index (Phi) is 5.57. The molecule has 0 saturated heterocycles. The molecule has 0 saturated carbocycles. The SMILES string of the molecule is C[C@](O)(CS(N)(=O)=O)c1cccc(-c2nnn(Cc3ccc(Br)cc3F)n2)n1. The Labute approximate surface area is 168 Å². The predicted molar refractivity (Wildman–Crippen MR) is 102 cm³/mol. The Morgan fingerprint density at radius 2 is 2.07 bits per heavy atom. The smallest absolute Gasteiger partial charge is 0.223 e. The largest absolute Gasteiger partial charge is 0.383 e. The van der Waals surface area contributed by atoms with Gasteiger partial charge in [0.15, 0.2) is 0 Å². The number of nitrogens with zero attached hydrogens (tertiary/aromatic N) is 5. The molecule has 2 aromatic heterocycles. The van der Waals surface area contributed by atoms with Crippen LogP contribution in [0.15, 0.2) is 40.9 Å². The van der Waals surface area contributed by atoms with E-state index in [1.165, 1.54) is 23.9 Å². The van der Waals surface area contributed by atoms with Crippen molar-refractivity contribution in [3.8, 4) is 11.5 Å². The van der Waals surface area contributed by atoms with Crippen LogP contribution < -0.4 is 5.14 Å². The summed E-state index contributed by atoms with van der Waals surface area (Å²) in [7, 11) is -3.92. The highest BCUT2D eigenvalue weighted by atomic mass is 79.9. The van der Waals surface area contributed by atoms with Gasteiger partial charge in [-0.2, -0.15) is 4.80 Å². The summed E-state index contributed by atoms with van der Waals surface area (Å²) in [6.07, 6.45) is 0. The van der Waals surface area contributed by atoms with Crippen molar-refractivity contribution in [2.24, 2.45) is 5.14 Å². The molecule has 12 heteroatoms. The van der Waals surface area contributed by atoms with Crippen LogP contribution >= 0.6 is 15.9 Å². The van der Waals surface area contributed by atoms with Gasteiger partial charge in [0.25, 0.3) is 0 Å². The van der Waals surface area contributed by atoms with E-state index < -0.39 is 27.2 Å². The van der Waals surface area contributed by atoms with E-state index in [1.807, 2.05) is 0 Å². The van der Waals surface area contributed by atoms with Crippen LogP contribution in [-0.2, 0) is 22.2 Å². The zero-order valence-corrected chi connectivity index (χ0v) is 17.0. The first kappa shape index (κ1) is 20.5. The number of pyridine rings is 1. The monoisotopic (exact) mass is 470 g/mol. The van der Waals surface area contributed by atoms with Gasteiger partial charge in [-0.1, -0.05) is 28.1 Å². The zero-order chi connectivity index (χ0) is 20.5. The minimum atomic E-state index is -3.92. The van der Waals surface area contributed by atoms with Gasteiger partial charge in [-0.25, -0.2) is 22.9 Å². The first-order valence-corrected chi connectivity index (χ1v) is 10.5. The lowest BCUT2D eigenvalue weighted by Crippen LogP contribution is -2.35. The van der Waals surface area contributed by atoms with E-state index in [4.69, 9.17) is 5.14 Å². The molecule has 1 atom stereocenters. The Bertz CT molecular complexity index is 1120. The van der Waals surface area contributed by atoms with Crippen molar-refractivity contribution in [1.29, 1.82) is 0 Å². The maximum absolute atomic E-state index is 14.0. The molecule has 9 nitrogen and oxygen atoms in total. The maximum atomic E-state index is 14.0. The van der Waals surface area contributed by atoms with Crippen LogP contribution in [0.1, 0.15) is 18.2 Å². The maximum Gasteiger partial charge on any atom is 0.223 e. The molecule has 0 aliphatic rings. The Balaban J connectivity index is 1.85. The van der Waals surface area contributed by atoms with Gasteiger partial charge in [0.05, 0.1) is 18.0 Å². The van der Waals surface area contributed by atoms with Gasteiger partial charge in [0.2, 0.25) is 15.8 Å². The van der Waals surface area contributed by atoms with Gasteiger partial charge < -0.3 is 5.11 Å². The van der Waals surface area contributed by atoms with Crippen LogP contribution in [-0.4, -0.2) is 44.5 Å². The molecule has 0 amide bonds. The van der Waals surface area contributed by atoms with E-state index in [0.717, 1.165) is 0 Å². The summed E-state index contributed by atoms with van der Waals surface area (Å²) in [5.41, 5.74) is -1.05. The van der Waals surface area contributed by atoms with Gasteiger partial charge in [-0.15, -0.1) is 10.2 Å². The second kappa shape index (κ2) is 7.62. The van der Waals surface area contributed by atoms with E-state index in [0.29, 0.717) is 10.0 Å². The minimum Gasteiger partial charge on any atom is -0.383 e. The fraction of sp³-hybridized carbons (Fsp3) is 0.250. The fourth-order valence-corrected chi connectivity index (χ4v) is 3.80. The van der Waals surface area contributed by atoms with Crippen LogP contribution in [0, 0.1) is 5.82 Å². The third-order valence-electron chi connectivity index (χ3n) is 3.79. The van der Waals surface area contributed by atoms with E-state index in [2.05, 4.69) is 36.3 Å². The average Bonchev–Trinajstić information content (AvgIpc) is 3.04. The second-order valence-electron chi connectivity index (χ2n) is 6.37. The lowest BCUT2D eigenvalue weighted by Gasteiger charge is -2.21. The number of nitrogens with two attached hydrogens (primary N) is 1. The number of hydrogen-bond donors (Lipinski definition) is 2. The lowest BCUT2D eigenvalue weighted by atomic mass is 10.0. The van der Waals surface area contributed by atoms with Gasteiger partial charge in [-0.05, 0) is 36.4 Å². The molecule has 148 valence electrons. The highest BCUT2D eigenvalue weighted by molar-refractivity contribution is 9.10. The third kappa shape index (κ3) is 4.95. The first-order valence-electron chi connectivity index (χ1n) is 7.96. The number of sulfonamides is 1. The fourth-order valence-electron chi connectivity index (χ4n) is 2.54.